The molecule has 7 nitrogen and oxygen atoms in total. The van der Waals surface area contributed by atoms with Crippen LogP contribution in [0, 0.1) is 0 Å². The van der Waals surface area contributed by atoms with E-state index in [9.17, 15) is 4.79 Å². The molecule has 0 radical (unpaired) electrons. The van der Waals surface area contributed by atoms with E-state index in [1.807, 2.05) is 46.0 Å². The lowest BCUT2D eigenvalue weighted by Crippen LogP contribution is -2.23. The Balaban J connectivity index is 2.07. The Morgan fingerprint density at radius 3 is 2.75 bits per heavy atom. The zero-order chi connectivity index (χ0) is 17.3. The molecule has 124 valence electrons. The maximum atomic E-state index is 12.3. The van der Waals surface area contributed by atoms with Gasteiger partial charge in [-0.3, -0.25) is 0 Å². The maximum absolute atomic E-state index is 12.3. The minimum Gasteiger partial charge on any atom is -0.457 e. The summed E-state index contributed by atoms with van der Waals surface area (Å²) in [7, 11) is 1.83. The van der Waals surface area contributed by atoms with Gasteiger partial charge in [0.1, 0.15) is 11.1 Å². The number of hydrogen-bond acceptors (Lipinski definition) is 5. The number of nitrogens with zero attached hydrogens (tertiary/aromatic N) is 5. The summed E-state index contributed by atoms with van der Waals surface area (Å²) >= 11 is 0. The van der Waals surface area contributed by atoms with Gasteiger partial charge in [-0.2, -0.15) is 0 Å². The van der Waals surface area contributed by atoms with Gasteiger partial charge in [0, 0.05) is 31.1 Å². The topological polar surface area (TPSA) is 74.8 Å². The number of ether oxygens (including phenoxy) is 1. The van der Waals surface area contributed by atoms with Gasteiger partial charge in [0.2, 0.25) is 0 Å². The van der Waals surface area contributed by atoms with Crippen molar-refractivity contribution < 1.29 is 9.53 Å². The van der Waals surface area contributed by atoms with Crippen LogP contribution >= 0.6 is 0 Å². The predicted octanol–water partition coefficient (Wildman–Crippen LogP) is 2.40. The molecular weight excluding hydrogens is 306 g/mol. The number of carbonyl (C=O) groups is 1. The Morgan fingerprint density at radius 2 is 2.08 bits per heavy atom. The number of fused-ring (bicyclic) bond motifs is 1. The fraction of sp³-hybridized carbons (Fsp3) is 0.294. The SMILES string of the molecule is Cn1nnc2ccc(/C(=C/C(=O)OC(C)(C)C)n3ccnc3)cc21. The van der Waals surface area contributed by atoms with Gasteiger partial charge in [0.25, 0.3) is 0 Å². The molecule has 7 heteroatoms. The average Bonchev–Trinajstić information content (AvgIpc) is 3.13. The smallest absolute Gasteiger partial charge is 0.333 e. The van der Waals surface area contributed by atoms with E-state index in [1.165, 1.54) is 6.08 Å². The lowest BCUT2D eigenvalue weighted by molar-refractivity contribution is -0.148. The van der Waals surface area contributed by atoms with Crippen LogP contribution in [0.1, 0.15) is 26.3 Å². The number of benzene rings is 1. The van der Waals surface area contributed by atoms with Crippen LogP contribution in [-0.4, -0.2) is 36.1 Å². The fourth-order valence-electron chi connectivity index (χ4n) is 2.34. The van der Waals surface area contributed by atoms with Crippen LogP contribution in [0.3, 0.4) is 0 Å². The molecule has 0 bridgehead atoms. The first-order valence-electron chi connectivity index (χ1n) is 7.56. The van der Waals surface area contributed by atoms with Crippen molar-refractivity contribution >= 4 is 22.7 Å². The second-order valence-electron chi connectivity index (χ2n) is 6.45. The number of imidazole rings is 1. The van der Waals surface area contributed by atoms with Gasteiger partial charge in [-0.1, -0.05) is 11.3 Å². The van der Waals surface area contributed by atoms with Gasteiger partial charge in [-0.05, 0) is 32.9 Å². The Bertz CT molecular complexity index is 901. The molecule has 0 aliphatic rings. The summed E-state index contributed by atoms with van der Waals surface area (Å²) in [5, 5.41) is 8.08. The Labute approximate surface area is 139 Å². The normalized spacial score (nSPS) is 12.6. The number of aryl methyl sites for hydroxylation is 1. The van der Waals surface area contributed by atoms with Crippen LogP contribution < -0.4 is 0 Å². The van der Waals surface area contributed by atoms with Crippen molar-refractivity contribution in [1.29, 1.82) is 0 Å². The summed E-state index contributed by atoms with van der Waals surface area (Å²) in [6.07, 6.45) is 6.55. The molecule has 0 unspecified atom stereocenters. The van der Waals surface area contributed by atoms with Crippen molar-refractivity contribution in [2.45, 2.75) is 26.4 Å². The molecule has 3 aromatic rings. The number of hydrogen-bond donors (Lipinski definition) is 0. The third kappa shape index (κ3) is 3.34. The van der Waals surface area contributed by atoms with E-state index in [4.69, 9.17) is 4.74 Å². The largest absolute Gasteiger partial charge is 0.457 e. The molecule has 0 spiro atoms. The Hall–Kier alpha value is -2.96. The molecule has 0 atom stereocenters. The molecular formula is C17H19N5O2. The molecule has 0 N–H and O–H groups in total. The van der Waals surface area contributed by atoms with E-state index in [-0.39, 0.29) is 0 Å². The second-order valence-corrected chi connectivity index (χ2v) is 6.45. The van der Waals surface area contributed by atoms with E-state index in [1.54, 1.807) is 28.0 Å². The minimum atomic E-state index is -0.552. The molecule has 2 aromatic heterocycles. The lowest BCUT2D eigenvalue weighted by atomic mass is 10.1. The third-order valence-corrected chi connectivity index (χ3v) is 3.35. The van der Waals surface area contributed by atoms with Crippen LogP contribution in [0.2, 0.25) is 0 Å². The molecule has 0 saturated carbocycles. The molecule has 1 aromatic carbocycles. The standard InChI is InChI=1S/C17H19N5O2/c1-17(2,3)24-16(23)10-14(22-8-7-18-11-22)12-5-6-13-15(9-12)21(4)20-19-13/h5-11H,1-4H3/b14-10-. The highest BCUT2D eigenvalue weighted by Crippen LogP contribution is 2.22. The summed E-state index contributed by atoms with van der Waals surface area (Å²) in [5.41, 5.74) is 2.64. The van der Waals surface area contributed by atoms with Crippen molar-refractivity contribution in [3.63, 3.8) is 0 Å². The average molecular weight is 325 g/mol. The van der Waals surface area contributed by atoms with Crippen molar-refractivity contribution in [2.75, 3.05) is 0 Å². The third-order valence-electron chi connectivity index (χ3n) is 3.35. The van der Waals surface area contributed by atoms with Crippen LogP contribution in [0.4, 0.5) is 0 Å². The van der Waals surface area contributed by atoms with E-state index in [0.717, 1.165) is 16.6 Å². The molecule has 0 amide bonds. The van der Waals surface area contributed by atoms with E-state index in [2.05, 4.69) is 15.3 Å². The van der Waals surface area contributed by atoms with Crippen molar-refractivity contribution in [3.05, 3.63) is 48.6 Å². The van der Waals surface area contributed by atoms with Gasteiger partial charge in [-0.25, -0.2) is 14.5 Å². The van der Waals surface area contributed by atoms with Crippen LogP contribution in [0.25, 0.3) is 16.7 Å². The van der Waals surface area contributed by atoms with Crippen LogP contribution in [0.15, 0.2) is 43.0 Å². The summed E-state index contributed by atoms with van der Waals surface area (Å²) in [6.45, 7) is 5.51. The quantitative estimate of drug-likeness (QED) is 0.546. The first-order valence-corrected chi connectivity index (χ1v) is 7.56. The first-order chi connectivity index (χ1) is 11.3. The maximum Gasteiger partial charge on any atom is 0.333 e. The number of rotatable bonds is 3. The molecule has 0 saturated heterocycles. The minimum absolute atomic E-state index is 0.408. The van der Waals surface area contributed by atoms with Crippen LogP contribution in [0.5, 0.6) is 0 Å². The molecule has 0 fully saturated rings. The molecule has 2 heterocycles. The number of aromatic nitrogens is 5. The van der Waals surface area contributed by atoms with Crippen molar-refractivity contribution in [3.8, 4) is 0 Å². The van der Waals surface area contributed by atoms with Gasteiger partial charge in [-0.15, -0.1) is 5.10 Å². The summed E-state index contributed by atoms with van der Waals surface area (Å²) < 4.78 is 8.87. The van der Waals surface area contributed by atoms with Gasteiger partial charge in [0.05, 0.1) is 17.5 Å². The van der Waals surface area contributed by atoms with Crippen molar-refractivity contribution in [2.24, 2.45) is 7.05 Å². The highest BCUT2D eigenvalue weighted by molar-refractivity contribution is 5.93. The zero-order valence-electron chi connectivity index (χ0n) is 14.1. The highest BCUT2D eigenvalue weighted by Gasteiger charge is 2.17. The Kier molecular flexibility index (Phi) is 3.92. The van der Waals surface area contributed by atoms with E-state index in [0.29, 0.717) is 5.70 Å². The van der Waals surface area contributed by atoms with Gasteiger partial charge >= 0.3 is 5.97 Å². The number of esters is 1. The number of carbonyl (C=O) groups excluding carboxylic acids is 1. The molecule has 3 rings (SSSR count). The molecule has 24 heavy (non-hydrogen) atoms. The molecule has 0 aliphatic heterocycles. The zero-order valence-corrected chi connectivity index (χ0v) is 14.1. The summed E-state index contributed by atoms with van der Waals surface area (Å²) in [5.74, 6) is -0.408. The summed E-state index contributed by atoms with van der Waals surface area (Å²) in [6, 6.07) is 5.70. The molecule has 0 aliphatic carbocycles. The highest BCUT2D eigenvalue weighted by atomic mass is 16.6. The Morgan fingerprint density at radius 1 is 1.29 bits per heavy atom. The predicted molar refractivity (Wildman–Crippen MR) is 90.0 cm³/mol. The lowest BCUT2D eigenvalue weighted by Gasteiger charge is -2.19. The van der Waals surface area contributed by atoms with E-state index >= 15 is 0 Å². The van der Waals surface area contributed by atoms with Crippen molar-refractivity contribution in [1.82, 2.24) is 24.5 Å². The fourth-order valence-corrected chi connectivity index (χ4v) is 2.34. The summed E-state index contributed by atoms with van der Waals surface area (Å²) in [4.78, 5) is 16.3. The van der Waals surface area contributed by atoms with Gasteiger partial charge < -0.3 is 9.30 Å². The van der Waals surface area contributed by atoms with Gasteiger partial charge in [0.15, 0.2) is 0 Å². The van der Waals surface area contributed by atoms with Crippen LogP contribution in [-0.2, 0) is 16.6 Å². The monoisotopic (exact) mass is 325 g/mol. The van der Waals surface area contributed by atoms with E-state index < -0.39 is 11.6 Å². The first kappa shape index (κ1) is 15.9. The second kappa shape index (κ2) is 5.92.